The number of benzene rings is 3. The second kappa shape index (κ2) is 11.5. The van der Waals surface area contributed by atoms with Gasteiger partial charge in [0.15, 0.2) is 0 Å². The first-order valence-corrected chi connectivity index (χ1v) is 11.4. The average molecular weight is 461 g/mol. The average Bonchev–Trinajstić information content (AvgIpc) is 2.88. The summed E-state index contributed by atoms with van der Waals surface area (Å²) in [5.74, 6) is 1.31. The number of carbonyl (C=O) groups is 1. The molecule has 0 aromatic heterocycles. The van der Waals surface area contributed by atoms with Crippen LogP contribution in [0.1, 0.15) is 16.7 Å². The zero-order chi connectivity index (χ0) is 23.8. The van der Waals surface area contributed by atoms with Gasteiger partial charge in [-0.25, -0.2) is 4.39 Å². The molecule has 1 amide bonds. The summed E-state index contributed by atoms with van der Waals surface area (Å²) in [6.45, 7) is 4.06. The van der Waals surface area contributed by atoms with Crippen LogP contribution in [0.4, 0.5) is 4.39 Å². The molecule has 0 unspecified atom stereocenters. The summed E-state index contributed by atoms with van der Waals surface area (Å²) in [5.41, 5.74) is 2.90. The highest BCUT2D eigenvalue weighted by Gasteiger charge is 2.19. The maximum absolute atomic E-state index is 13.1. The van der Waals surface area contributed by atoms with Crippen molar-refractivity contribution in [2.75, 3.05) is 33.3 Å². The smallest absolute Gasteiger partial charge is 0.246 e. The van der Waals surface area contributed by atoms with E-state index in [9.17, 15) is 9.18 Å². The number of methoxy groups -OCH3 is 1. The van der Waals surface area contributed by atoms with E-state index in [0.717, 1.165) is 47.8 Å². The highest BCUT2D eigenvalue weighted by Crippen LogP contribution is 2.23. The molecule has 0 bridgehead atoms. The highest BCUT2D eigenvalue weighted by atomic mass is 19.1. The van der Waals surface area contributed by atoms with E-state index >= 15 is 0 Å². The monoisotopic (exact) mass is 460 g/mol. The van der Waals surface area contributed by atoms with E-state index in [2.05, 4.69) is 4.90 Å². The van der Waals surface area contributed by atoms with Gasteiger partial charge in [-0.1, -0.05) is 36.4 Å². The highest BCUT2D eigenvalue weighted by molar-refractivity contribution is 5.91. The number of piperazine rings is 1. The molecule has 5 nitrogen and oxygen atoms in total. The summed E-state index contributed by atoms with van der Waals surface area (Å²) in [6.07, 6.45) is 3.46. The Kier molecular flexibility index (Phi) is 7.94. The van der Waals surface area contributed by atoms with Crippen molar-refractivity contribution in [3.8, 4) is 11.5 Å². The Labute approximate surface area is 200 Å². The van der Waals surface area contributed by atoms with Gasteiger partial charge in [-0.2, -0.15) is 0 Å². The molecule has 0 spiro atoms. The van der Waals surface area contributed by atoms with Crippen molar-refractivity contribution in [2.45, 2.75) is 13.2 Å². The second-order valence-electron chi connectivity index (χ2n) is 8.23. The predicted molar refractivity (Wildman–Crippen MR) is 131 cm³/mol. The fraction of sp³-hybridized carbons (Fsp3) is 0.250. The van der Waals surface area contributed by atoms with Crippen molar-refractivity contribution in [1.82, 2.24) is 9.80 Å². The van der Waals surface area contributed by atoms with E-state index in [0.29, 0.717) is 19.7 Å². The van der Waals surface area contributed by atoms with Gasteiger partial charge in [0.1, 0.15) is 23.9 Å². The molecule has 1 heterocycles. The van der Waals surface area contributed by atoms with Gasteiger partial charge in [-0.05, 0) is 53.6 Å². The molecule has 3 aromatic carbocycles. The first kappa shape index (κ1) is 23.5. The van der Waals surface area contributed by atoms with Crippen LogP contribution in [-0.2, 0) is 17.9 Å². The normalized spacial score (nSPS) is 14.4. The standard InChI is InChI=1S/C28H29FN2O3/c1-33-27-13-9-22(19-24(27)21-34-26-5-3-2-4-6-26)10-14-28(32)31-17-15-30(16-18-31)20-23-7-11-25(29)12-8-23/h2-14,19H,15-18,20-21H2,1H3/b14-10+. The van der Waals surface area contributed by atoms with Gasteiger partial charge < -0.3 is 14.4 Å². The van der Waals surface area contributed by atoms with Crippen molar-refractivity contribution in [1.29, 1.82) is 0 Å². The number of nitrogens with zero attached hydrogens (tertiary/aromatic N) is 2. The third kappa shape index (κ3) is 6.45. The number of halogens is 1. The van der Waals surface area contributed by atoms with E-state index in [1.165, 1.54) is 12.1 Å². The zero-order valence-corrected chi connectivity index (χ0v) is 19.3. The summed E-state index contributed by atoms with van der Waals surface area (Å²) >= 11 is 0. The van der Waals surface area contributed by atoms with E-state index in [-0.39, 0.29) is 11.7 Å². The minimum Gasteiger partial charge on any atom is -0.496 e. The van der Waals surface area contributed by atoms with Gasteiger partial charge in [-0.3, -0.25) is 9.69 Å². The molecule has 1 saturated heterocycles. The minimum atomic E-state index is -0.223. The Balaban J connectivity index is 1.31. The summed E-state index contributed by atoms with van der Waals surface area (Å²) in [6, 6.07) is 22.0. The molecule has 1 aliphatic heterocycles. The molecule has 1 fully saturated rings. The Morgan fingerprint density at radius 2 is 1.71 bits per heavy atom. The third-order valence-electron chi connectivity index (χ3n) is 5.86. The fourth-order valence-electron chi connectivity index (χ4n) is 3.94. The molecule has 0 atom stereocenters. The largest absolute Gasteiger partial charge is 0.496 e. The number of hydrogen-bond donors (Lipinski definition) is 0. The van der Waals surface area contributed by atoms with Gasteiger partial charge in [0.05, 0.1) is 7.11 Å². The fourth-order valence-corrected chi connectivity index (χ4v) is 3.94. The lowest BCUT2D eigenvalue weighted by atomic mass is 10.1. The molecule has 3 aromatic rings. The molecular weight excluding hydrogens is 431 g/mol. The predicted octanol–water partition coefficient (Wildman–Crippen LogP) is 4.77. The summed E-state index contributed by atoms with van der Waals surface area (Å²) in [7, 11) is 1.64. The number of hydrogen-bond acceptors (Lipinski definition) is 4. The van der Waals surface area contributed by atoms with E-state index in [1.54, 1.807) is 13.2 Å². The first-order valence-electron chi connectivity index (χ1n) is 11.4. The number of rotatable bonds is 8. The van der Waals surface area contributed by atoms with Crippen LogP contribution < -0.4 is 9.47 Å². The molecule has 0 N–H and O–H groups in total. The van der Waals surface area contributed by atoms with E-state index in [1.807, 2.05) is 71.6 Å². The molecular formula is C28H29FN2O3. The zero-order valence-electron chi connectivity index (χ0n) is 19.3. The lowest BCUT2D eigenvalue weighted by Gasteiger charge is -2.34. The summed E-state index contributed by atoms with van der Waals surface area (Å²) in [5, 5.41) is 0. The Hall–Kier alpha value is -3.64. The molecule has 6 heteroatoms. The van der Waals surface area contributed by atoms with Gasteiger partial charge >= 0.3 is 0 Å². The van der Waals surface area contributed by atoms with E-state index < -0.39 is 0 Å². The molecule has 0 radical (unpaired) electrons. The second-order valence-corrected chi connectivity index (χ2v) is 8.23. The van der Waals surface area contributed by atoms with Crippen LogP contribution in [0.3, 0.4) is 0 Å². The summed E-state index contributed by atoms with van der Waals surface area (Å²) in [4.78, 5) is 16.9. The van der Waals surface area contributed by atoms with Crippen LogP contribution in [-0.4, -0.2) is 49.0 Å². The molecule has 0 saturated carbocycles. The van der Waals surface area contributed by atoms with Crippen LogP contribution >= 0.6 is 0 Å². The first-order chi connectivity index (χ1) is 16.6. The maximum Gasteiger partial charge on any atom is 0.246 e. The number of para-hydroxylation sites is 1. The SMILES string of the molecule is COc1ccc(/C=C/C(=O)N2CCN(Cc3ccc(F)cc3)CC2)cc1COc1ccccc1. The van der Waals surface area contributed by atoms with Crippen molar-refractivity contribution in [3.63, 3.8) is 0 Å². The van der Waals surface area contributed by atoms with Gasteiger partial charge in [-0.15, -0.1) is 0 Å². The minimum absolute atomic E-state index is 0.000615. The van der Waals surface area contributed by atoms with Gasteiger partial charge in [0, 0.05) is 44.4 Å². The lowest BCUT2D eigenvalue weighted by Crippen LogP contribution is -2.47. The Morgan fingerprint density at radius 1 is 0.971 bits per heavy atom. The molecule has 34 heavy (non-hydrogen) atoms. The molecule has 1 aliphatic rings. The Morgan fingerprint density at radius 3 is 2.41 bits per heavy atom. The molecule has 176 valence electrons. The van der Waals surface area contributed by atoms with Crippen LogP contribution in [0.15, 0.2) is 78.9 Å². The maximum atomic E-state index is 13.1. The molecule has 4 rings (SSSR count). The topological polar surface area (TPSA) is 42.0 Å². The number of carbonyl (C=O) groups excluding carboxylic acids is 1. The van der Waals surface area contributed by atoms with Crippen LogP contribution in [0, 0.1) is 5.82 Å². The van der Waals surface area contributed by atoms with Gasteiger partial charge in [0.25, 0.3) is 0 Å². The van der Waals surface area contributed by atoms with Crippen molar-refractivity contribution in [3.05, 3.63) is 101 Å². The van der Waals surface area contributed by atoms with Crippen LogP contribution in [0.5, 0.6) is 11.5 Å². The van der Waals surface area contributed by atoms with Gasteiger partial charge in [0.2, 0.25) is 5.91 Å². The third-order valence-corrected chi connectivity index (χ3v) is 5.86. The Bertz CT molecular complexity index is 1110. The van der Waals surface area contributed by atoms with Crippen LogP contribution in [0.25, 0.3) is 6.08 Å². The van der Waals surface area contributed by atoms with Crippen molar-refractivity contribution < 1.29 is 18.7 Å². The quantitative estimate of drug-likeness (QED) is 0.454. The van der Waals surface area contributed by atoms with Crippen molar-refractivity contribution in [2.24, 2.45) is 0 Å². The number of amides is 1. The lowest BCUT2D eigenvalue weighted by molar-refractivity contribution is -0.127. The summed E-state index contributed by atoms with van der Waals surface area (Å²) < 4.78 is 24.4. The van der Waals surface area contributed by atoms with E-state index in [4.69, 9.17) is 9.47 Å². The molecule has 0 aliphatic carbocycles. The number of ether oxygens (including phenoxy) is 2. The van der Waals surface area contributed by atoms with Crippen molar-refractivity contribution >= 4 is 12.0 Å². The van der Waals surface area contributed by atoms with Crippen LogP contribution in [0.2, 0.25) is 0 Å².